The SMILES string of the molecule is COC(C)c1nc(CNC(=O)N2C[C@@H]3CCC[C@@]3(C(=O)O)C2)cs1. The third-order valence-electron chi connectivity index (χ3n) is 5.28. The zero-order chi connectivity index (χ0) is 17.3. The van der Waals surface area contributed by atoms with Crippen molar-refractivity contribution in [2.24, 2.45) is 11.3 Å². The molecule has 1 saturated heterocycles. The third-order valence-corrected chi connectivity index (χ3v) is 6.33. The minimum atomic E-state index is -0.766. The molecule has 1 aromatic rings. The Morgan fingerprint density at radius 3 is 3.08 bits per heavy atom. The Hall–Kier alpha value is -1.67. The van der Waals surface area contributed by atoms with Crippen molar-refractivity contribution < 1.29 is 19.4 Å². The number of hydrogen-bond donors (Lipinski definition) is 2. The molecule has 0 bridgehead atoms. The highest BCUT2D eigenvalue weighted by atomic mass is 32.1. The van der Waals surface area contributed by atoms with E-state index in [0.29, 0.717) is 26.1 Å². The lowest BCUT2D eigenvalue weighted by Gasteiger charge is -2.23. The lowest BCUT2D eigenvalue weighted by Crippen LogP contribution is -2.41. The molecule has 2 amide bonds. The van der Waals surface area contributed by atoms with Gasteiger partial charge in [-0.1, -0.05) is 6.42 Å². The lowest BCUT2D eigenvalue weighted by atomic mass is 9.81. The van der Waals surface area contributed by atoms with Gasteiger partial charge in [0.2, 0.25) is 0 Å². The van der Waals surface area contributed by atoms with Crippen LogP contribution in [0.25, 0.3) is 0 Å². The molecule has 0 radical (unpaired) electrons. The molecule has 2 heterocycles. The normalized spacial score (nSPS) is 27.1. The summed E-state index contributed by atoms with van der Waals surface area (Å²) in [5.41, 5.74) is 0.0542. The summed E-state index contributed by atoms with van der Waals surface area (Å²) >= 11 is 1.50. The second-order valence-electron chi connectivity index (χ2n) is 6.64. The van der Waals surface area contributed by atoms with Crippen molar-refractivity contribution in [3.05, 3.63) is 16.1 Å². The molecule has 3 rings (SSSR count). The van der Waals surface area contributed by atoms with Crippen LogP contribution in [0.2, 0.25) is 0 Å². The molecule has 1 unspecified atom stereocenters. The minimum Gasteiger partial charge on any atom is -0.481 e. The zero-order valence-electron chi connectivity index (χ0n) is 13.9. The van der Waals surface area contributed by atoms with Crippen molar-refractivity contribution in [1.82, 2.24) is 15.2 Å². The summed E-state index contributed by atoms with van der Waals surface area (Å²) in [6.07, 6.45) is 2.43. The van der Waals surface area contributed by atoms with E-state index in [-0.39, 0.29) is 18.1 Å². The maximum atomic E-state index is 12.4. The molecule has 7 nitrogen and oxygen atoms in total. The fourth-order valence-corrected chi connectivity index (χ4v) is 4.61. The number of aromatic nitrogens is 1. The van der Waals surface area contributed by atoms with Crippen molar-refractivity contribution in [3.8, 4) is 0 Å². The molecule has 132 valence electrons. The lowest BCUT2D eigenvalue weighted by molar-refractivity contribution is -0.149. The number of carbonyl (C=O) groups is 2. The van der Waals surface area contributed by atoms with Gasteiger partial charge < -0.3 is 20.1 Å². The number of carboxylic acid groups (broad SMARTS) is 1. The number of thiazole rings is 1. The van der Waals surface area contributed by atoms with Gasteiger partial charge in [-0.2, -0.15) is 0 Å². The zero-order valence-corrected chi connectivity index (χ0v) is 14.8. The molecule has 1 saturated carbocycles. The predicted octanol–water partition coefficient (Wildman–Crippen LogP) is 2.25. The van der Waals surface area contributed by atoms with Crippen molar-refractivity contribution in [2.75, 3.05) is 20.2 Å². The highest BCUT2D eigenvalue weighted by Crippen LogP contribution is 2.48. The Labute approximate surface area is 145 Å². The monoisotopic (exact) mass is 353 g/mol. The Bertz CT molecular complexity index is 635. The van der Waals surface area contributed by atoms with Gasteiger partial charge in [-0.3, -0.25) is 4.79 Å². The number of rotatable bonds is 5. The molecule has 24 heavy (non-hydrogen) atoms. The number of methoxy groups -OCH3 is 1. The number of nitrogens with one attached hydrogen (secondary N) is 1. The summed E-state index contributed by atoms with van der Waals surface area (Å²) in [4.78, 5) is 30.1. The first kappa shape index (κ1) is 17.2. The number of hydrogen-bond acceptors (Lipinski definition) is 5. The van der Waals surface area contributed by atoms with Crippen LogP contribution >= 0.6 is 11.3 Å². The molecular formula is C16H23N3O4S. The highest BCUT2D eigenvalue weighted by molar-refractivity contribution is 7.09. The Balaban J connectivity index is 1.57. The third kappa shape index (κ3) is 3.00. The van der Waals surface area contributed by atoms with Gasteiger partial charge in [-0.25, -0.2) is 9.78 Å². The first-order valence-corrected chi connectivity index (χ1v) is 9.07. The van der Waals surface area contributed by atoms with Crippen LogP contribution in [-0.2, 0) is 16.1 Å². The number of ether oxygens (including phenoxy) is 1. The van der Waals surface area contributed by atoms with E-state index in [1.807, 2.05) is 12.3 Å². The molecule has 1 aromatic heterocycles. The maximum Gasteiger partial charge on any atom is 0.317 e. The van der Waals surface area contributed by atoms with Crippen LogP contribution in [0.1, 0.15) is 43.0 Å². The first-order valence-electron chi connectivity index (χ1n) is 8.19. The number of amides is 2. The maximum absolute atomic E-state index is 12.4. The number of aliphatic carboxylic acids is 1. The summed E-state index contributed by atoms with van der Waals surface area (Å²) < 4.78 is 5.23. The van der Waals surface area contributed by atoms with E-state index in [2.05, 4.69) is 10.3 Å². The van der Waals surface area contributed by atoms with Crippen LogP contribution in [0, 0.1) is 11.3 Å². The smallest absolute Gasteiger partial charge is 0.317 e. The van der Waals surface area contributed by atoms with E-state index in [9.17, 15) is 14.7 Å². The molecule has 2 fully saturated rings. The molecule has 2 N–H and O–H groups in total. The van der Waals surface area contributed by atoms with Crippen LogP contribution in [0.3, 0.4) is 0 Å². The average Bonchev–Trinajstić information content (AvgIpc) is 3.25. The standard InChI is InChI=1S/C16H23N3O4S/c1-10(23-2)13-18-12(8-24-13)6-17-15(22)19-7-11-4-3-5-16(11,9-19)14(20)21/h8,10-11H,3-7,9H2,1-2H3,(H,17,22)(H,20,21)/t10?,11-,16+/m0/s1. The van der Waals surface area contributed by atoms with Crippen LogP contribution in [0.5, 0.6) is 0 Å². The second kappa shape index (κ2) is 6.68. The van der Waals surface area contributed by atoms with Gasteiger partial charge in [0.25, 0.3) is 0 Å². The largest absolute Gasteiger partial charge is 0.481 e. The van der Waals surface area contributed by atoms with E-state index in [1.54, 1.807) is 12.0 Å². The summed E-state index contributed by atoms with van der Waals surface area (Å²) in [5, 5.41) is 15.2. The quantitative estimate of drug-likeness (QED) is 0.847. The predicted molar refractivity (Wildman–Crippen MR) is 88.8 cm³/mol. The molecule has 2 aliphatic rings. The van der Waals surface area contributed by atoms with E-state index in [4.69, 9.17) is 4.74 Å². The van der Waals surface area contributed by atoms with Crippen LogP contribution in [0.4, 0.5) is 4.79 Å². The van der Waals surface area contributed by atoms with Gasteiger partial charge in [0, 0.05) is 25.6 Å². The molecular weight excluding hydrogens is 330 g/mol. The van der Waals surface area contributed by atoms with E-state index < -0.39 is 11.4 Å². The van der Waals surface area contributed by atoms with Gasteiger partial charge in [0.1, 0.15) is 11.1 Å². The molecule has 1 aliphatic heterocycles. The van der Waals surface area contributed by atoms with E-state index in [0.717, 1.165) is 23.5 Å². The molecule has 0 aromatic carbocycles. The van der Waals surface area contributed by atoms with Gasteiger partial charge in [-0.05, 0) is 25.7 Å². The topological polar surface area (TPSA) is 91.8 Å². The van der Waals surface area contributed by atoms with E-state index >= 15 is 0 Å². The molecule has 0 spiro atoms. The molecule has 8 heteroatoms. The Kier molecular flexibility index (Phi) is 4.78. The van der Waals surface area contributed by atoms with Crippen LogP contribution < -0.4 is 5.32 Å². The molecule has 3 atom stereocenters. The van der Waals surface area contributed by atoms with Crippen molar-refractivity contribution in [1.29, 1.82) is 0 Å². The number of carbonyl (C=O) groups excluding carboxylic acids is 1. The Morgan fingerprint density at radius 1 is 1.62 bits per heavy atom. The Morgan fingerprint density at radius 2 is 2.42 bits per heavy atom. The summed E-state index contributed by atoms with van der Waals surface area (Å²) in [6, 6.07) is -0.209. The van der Waals surface area contributed by atoms with Crippen molar-refractivity contribution >= 4 is 23.3 Å². The second-order valence-corrected chi connectivity index (χ2v) is 7.53. The van der Waals surface area contributed by atoms with Crippen LogP contribution in [0.15, 0.2) is 5.38 Å². The number of fused-ring (bicyclic) bond motifs is 1. The summed E-state index contributed by atoms with van der Waals surface area (Å²) in [6.45, 7) is 3.10. The molecule has 1 aliphatic carbocycles. The van der Waals surface area contributed by atoms with Crippen LogP contribution in [-0.4, -0.2) is 47.2 Å². The van der Waals surface area contributed by atoms with Crippen molar-refractivity contribution in [3.63, 3.8) is 0 Å². The highest BCUT2D eigenvalue weighted by Gasteiger charge is 2.55. The number of urea groups is 1. The van der Waals surface area contributed by atoms with Gasteiger partial charge >= 0.3 is 12.0 Å². The van der Waals surface area contributed by atoms with Gasteiger partial charge in [0.15, 0.2) is 0 Å². The fraction of sp³-hybridized carbons (Fsp3) is 0.688. The first-order chi connectivity index (χ1) is 11.5. The van der Waals surface area contributed by atoms with Crippen molar-refractivity contribution in [2.45, 2.75) is 38.8 Å². The fourth-order valence-electron chi connectivity index (χ4n) is 3.76. The van der Waals surface area contributed by atoms with E-state index in [1.165, 1.54) is 11.3 Å². The van der Waals surface area contributed by atoms with Gasteiger partial charge in [0.05, 0.1) is 17.7 Å². The number of carboxylic acids is 1. The van der Waals surface area contributed by atoms with Gasteiger partial charge in [-0.15, -0.1) is 11.3 Å². The summed E-state index contributed by atoms with van der Waals surface area (Å²) in [5.74, 6) is -0.688. The number of nitrogens with zero attached hydrogens (tertiary/aromatic N) is 2. The number of likely N-dealkylation sites (tertiary alicyclic amines) is 1. The summed E-state index contributed by atoms with van der Waals surface area (Å²) in [7, 11) is 1.63. The minimum absolute atomic E-state index is 0.0622. The average molecular weight is 353 g/mol.